The molecule has 2 atom stereocenters. The highest BCUT2D eigenvalue weighted by Crippen LogP contribution is 2.16. The minimum absolute atomic E-state index is 0.604. The van der Waals surface area contributed by atoms with Crippen LogP contribution in [0.5, 0.6) is 0 Å². The van der Waals surface area contributed by atoms with E-state index < -0.39 is 0 Å². The highest BCUT2D eigenvalue weighted by molar-refractivity contribution is 5.16. The SMILES string of the molecule is C/C=C/CN1CC(CC(C)C)NCC1Cc1ccccc1. The highest BCUT2D eigenvalue weighted by atomic mass is 15.2. The molecule has 2 heteroatoms. The fourth-order valence-corrected chi connectivity index (χ4v) is 3.21. The Kier molecular flexibility index (Phi) is 6.47. The Morgan fingerprint density at radius 3 is 2.71 bits per heavy atom. The van der Waals surface area contributed by atoms with Crippen LogP contribution in [-0.4, -0.2) is 36.6 Å². The van der Waals surface area contributed by atoms with E-state index in [0.29, 0.717) is 12.1 Å². The van der Waals surface area contributed by atoms with E-state index in [0.717, 1.165) is 25.4 Å². The van der Waals surface area contributed by atoms with E-state index in [1.165, 1.54) is 18.5 Å². The number of hydrogen-bond donors (Lipinski definition) is 1. The van der Waals surface area contributed by atoms with Crippen LogP contribution in [-0.2, 0) is 6.42 Å². The number of nitrogens with one attached hydrogen (secondary N) is 1. The topological polar surface area (TPSA) is 15.3 Å². The molecule has 2 rings (SSSR count). The van der Waals surface area contributed by atoms with Gasteiger partial charge in [-0.3, -0.25) is 4.90 Å². The van der Waals surface area contributed by atoms with Gasteiger partial charge in [0.05, 0.1) is 0 Å². The van der Waals surface area contributed by atoms with Crippen molar-refractivity contribution in [3.8, 4) is 0 Å². The molecular weight excluding hydrogens is 256 g/mol. The molecule has 1 saturated heterocycles. The molecule has 1 aliphatic heterocycles. The Labute approximate surface area is 130 Å². The van der Waals surface area contributed by atoms with E-state index in [1.807, 2.05) is 0 Å². The Balaban J connectivity index is 1.98. The summed E-state index contributed by atoms with van der Waals surface area (Å²) in [6.45, 7) is 10.1. The van der Waals surface area contributed by atoms with Crippen molar-refractivity contribution in [2.45, 2.75) is 45.7 Å². The van der Waals surface area contributed by atoms with Crippen molar-refractivity contribution in [2.75, 3.05) is 19.6 Å². The fourth-order valence-electron chi connectivity index (χ4n) is 3.21. The zero-order chi connectivity index (χ0) is 15.1. The van der Waals surface area contributed by atoms with Gasteiger partial charge in [0, 0.05) is 31.7 Å². The number of hydrogen-bond acceptors (Lipinski definition) is 2. The lowest BCUT2D eigenvalue weighted by atomic mass is 9.96. The standard InChI is InChI=1S/C19H30N2/c1-4-5-11-21-15-18(12-16(2)3)20-14-19(21)13-17-9-7-6-8-10-17/h4-10,16,18-20H,11-15H2,1-3H3/b5-4+. The molecule has 0 aliphatic carbocycles. The average molecular weight is 286 g/mol. The second-order valence-corrected chi connectivity index (χ2v) is 6.60. The van der Waals surface area contributed by atoms with Crippen molar-refractivity contribution in [3.05, 3.63) is 48.0 Å². The molecule has 0 aromatic heterocycles. The maximum atomic E-state index is 3.76. The summed E-state index contributed by atoms with van der Waals surface area (Å²) in [7, 11) is 0. The van der Waals surface area contributed by atoms with Crippen LogP contribution in [0.2, 0.25) is 0 Å². The number of allylic oxidation sites excluding steroid dienone is 1. The second-order valence-electron chi connectivity index (χ2n) is 6.60. The molecule has 1 N–H and O–H groups in total. The molecule has 1 fully saturated rings. The Bertz CT molecular complexity index is 424. The third-order valence-corrected chi connectivity index (χ3v) is 4.26. The largest absolute Gasteiger partial charge is 0.311 e. The first kappa shape index (κ1) is 16.3. The summed E-state index contributed by atoms with van der Waals surface area (Å²) in [6.07, 6.45) is 6.86. The predicted octanol–water partition coefficient (Wildman–Crippen LogP) is 3.49. The summed E-state index contributed by atoms with van der Waals surface area (Å²) in [5, 5.41) is 3.76. The van der Waals surface area contributed by atoms with E-state index in [1.54, 1.807) is 0 Å². The minimum Gasteiger partial charge on any atom is -0.311 e. The van der Waals surface area contributed by atoms with Crippen LogP contribution in [0.25, 0.3) is 0 Å². The summed E-state index contributed by atoms with van der Waals surface area (Å²) in [5.74, 6) is 0.761. The quantitative estimate of drug-likeness (QED) is 0.805. The van der Waals surface area contributed by atoms with Gasteiger partial charge >= 0.3 is 0 Å². The Morgan fingerprint density at radius 1 is 1.29 bits per heavy atom. The maximum absolute atomic E-state index is 3.76. The van der Waals surface area contributed by atoms with Gasteiger partial charge in [0.1, 0.15) is 0 Å². The van der Waals surface area contributed by atoms with E-state index in [4.69, 9.17) is 0 Å². The van der Waals surface area contributed by atoms with Gasteiger partial charge < -0.3 is 5.32 Å². The smallest absolute Gasteiger partial charge is 0.0265 e. The molecule has 0 bridgehead atoms. The van der Waals surface area contributed by atoms with Crippen molar-refractivity contribution >= 4 is 0 Å². The molecule has 0 amide bonds. The van der Waals surface area contributed by atoms with E-state index in [2.05, 4.69) is 73.5 Å². The maximum Gasteiger partial charge on any atom is 0.0265 e. The van der Waals surface area contributed by atoms with Gasteiger partial charge in [-0.05, 0) is 31.2 Å². The first-order valence-electron chi connectivity index (χ1n) is 8.31. The lowest BCUT2D eigenvalue weighted by Gasteiger charge is -2.40. The normalized spacial score (nSPS) is 24.0. The third kappa shape index (κ3) is 5.29. The van der Waals surface area contributed by atoms with Crippen molar-refractivity contribution < 1.29 is 0 Å². The molecule has 1 aliphatic rings. The molecule has 1 aromatic carbocycles. The Morgan fingerprint density at radius 2 is 2.05 bits per heavy atom. The number of piperazine rings is 1. The minimum atomic E-state index is 0.604. The van der Waals surface area contributed by atoms with Crippen molar-refractivity contribution in [3.63, 3.8) is 0 Å². The molecule has 1 aromatic rings. The summed E-state index contributed by atoms with van der Waals surface area (Å²) >= 11 is 0. The summed E-state index contributed by atoms with van der Waals surface area (Å²) < 4.78 is 0. The van der Waals surface area contributed by atoms with Crippen LogP contribution in [0, 0.1) is 5.92 Å². The molecule has 21 heavy (non-hydrogen) atoms. The second kappa shape index (κ2) is 8.35. The lowest BCUT2D eigenvalue weighted by Crippen LogP contribution is -2.57. The summed E-state index contributed by atoms with van der Waals surface area (Å²) in [6, 6.07) is 12.1. The molecule has 1 heterocycles. The lowest BCUT2D eigenvalue weighted by molar-refractivity contribution is 0.135. The zero-order valence-electron chi connectivity index (χ0n) is 13.8. The van der Waals surface area contributed by atoms with Crippen LogP contribution in [0.4, 0.5) is 0 Å². The van der Waals surface area contributed by atoms with Gasteiger partial charge in [0.25, 0.3) is 0 Å². The van der Waals surface area contributed by atoms with Crippen molar-refractivity contribution in [1.82, 2.24) is 10.2 Å². The molecule has 2 nitrogen and oxygen atoms in total. The fraction of sp³-hybridized carbons (Fsp3) is 0.579. The zero-order valence-corrected chi connectivity index (χ0v) is 13.8. The average Bonchev–Trinajstić information content (AvgIpc) is 2.48. The van der Waals surface area contributed by atoms with E-state index in [-0.39, 0.29) is 0 Å². The first-order valence-corrected chi connectivity index (χ1v) is 8.31. The monoisotopic (exact) mass is 286 g/mol. The Hall–Kier alpha value is -1.12. The van der Waals surface area contributed by atoms with Gasteiger partial charge in [0.15, 0.2) is 0 Å². The molecule has 0 radical (unpaired) electrons. The van der Waals surface area contributed by atoms with Crippen LogP contribution in [0.1, 0.15) is 32.8 Å². The predicted molar refractivity (Wildman–Crippen MR) is 91.6 cm³/mol. The van der Waals surface area contributed by atoms with E-state index in [9.17, 15) is 0 Å². The van der Waals surface area contributed by atoms with Gasteiger partial charge in [-0.25, -0.2) is 0 Å². The number of benzene rings is 1. The van der Waals surface area contributed by atoms with E-state index >= 15 is 0 Å². The molecule has 116 valence electrons. The molecule has 0 spiro atoms. The van der Waals surface area contributed by atoms with Crippen LogP contribution in [0.3, 0.4) is 0 Å². The van der Waals surface area contributed by atoms with Gasteiger partial charge in [-0.2, -0.15) is 0 Å². The molecule has 0 saturated carbocycles. The summed E-state index contributed by atoms with van der Waals surface area (Å²) in [5.41, 5.74) is 1.44. The highest BCUT2D eigenvalue weighted by Gasteiger charge is 2.27. The summed E-state index contributed by atoms with van der Waals surface area (Å²) in [4.78, 5) is 2.65. The van der Waals surface area contributed by atoms with Crippen molar-refractivity contribution in [2.24, 2.45) is 5.92 Å². The van der Waals surface area contributed by atoms with Crippen molar-refractivity contribution in [1.29, 1.82) is 0 Å². The van der Waals surface area contributed by atoms with Crippen LogP contribution >= 0.6 is 0 Å². The van der Waals surface area contributed by atoms with Crippen LogP contribution < -0.4 is 5.32 Å². The number of nitrogens with zero attached hydrogens (tertiary/aromatic N) is 1. The first-order chi connectivity index (χ1) is 10.2. The van der Waals surface area contributed by atoms with Gasteiger partial charge in [0.2, 0.25) is 0 Å². The number of rotatable bonds is 6. The van der Waals surface area contributed by atoms with Gasteiger partial charge in [-0.1, -0.05) is 56.3 Å². The van der Waals surface area contributed by atoms with Gasteiger partial charge in [-0.15, -0.1) is 0 Å². The molecular formula is C19H30N2. The molecule has 2 unspecified atom stereocenters. The van der Waals surface area contributed by atoms with Crippen LogP contribution in [0.15, 0.2) is 42.5 Å². The third-order valence-electron chi connectivity index (χ3n) is 4.26.